The Morgan fingerprint density at radius 3 is 1.79 bits per heavy atom. The van der Waals surface area contributed by atoms with Crippen molar-refractivity contribution in [1.29, 1.82) is 0 Å². The fourth-order valence-corrected chi connectivity index (χ4v) is 1.73. The smallest absolute Gasteiger partial charge is 0.493 e. The monoisotopic (exact) mass is 300 g/mol. The van der Waals surface area contributed by atoms with Crippen LogP contribution < -0.4 is 13.7 Å². The first-order chi connectivity index (χ1) is 8.62. The van der Waals surface area contributed by atoms with Gasteiger partial charge in [0.15, 0.2) is 11.5 Å². The van der Waals surface area contributed by atoms with Gasteiger partial charge in [-0.25, -0.2) is 0 Å². The van der Waals surface area contributed by atoms with Gasteiger partial charge in [0.2, 0.25) is 5.75 Å². The summed E-state index contributed by atoms with van der Waals surface area (Å²) in [6.45, 7) is 1.63. The molecule has 0 saturated heterocycles. The minimum Gasteiger partial charge on any atom is -0.493 e. The molecule has 0 aliphatic rings. The zero-order chi connectivity index (χ0) is 14.8. The second-order valence-electron chi connectivity index (χ2n) is 3.48. The van der Waals surface area contributed by atoms with Gasteiger partial charge in [-0.2, -0.15) is 21.6 Å². The summed E-state index contributed by atoms with van der Waals surface area (Å²) in [5.41, 5.74) is -4.93. The van der Waals surface area contributed by atoms with Crippen molar-refractivity contribution in [3.63, 3.8) is 0 Å². The third-order valence-corrected chi connectivity index (χ3v) is 3.03. The van der Waals surface area contributed by atoms with Gasteiger partial charge in [-0.05, 0) is 24.6 Å². The fraction of sp³-hybridized carbons (Fsp3) is 0.400. The van der Waals surface area contributed by atoms with E-state index in [-0.39, 0.29) is 11.5 Å². The maximum atomic E-state index is 12.3. The predicted octanol–water partition coefficient (Wildman–Crippen LogP) is 2.24. The van der Waals surface area contributed by atoms with Gasteiger partial charge in [-0.3, -0.25) is 0 Å². The van der Waals surface area contributed by atoms with Crippen LogP contribution in [0.25, 0.3) is 0 Å². The molecule has 0 bridgehead atoms. The molecule has 0 unspecified atom stereocenters. The van der Waals surface area contributed by atoms with Gasteiger partial charge in [0.05, 0.1) is 14.2 Å². The second kappa shape index (κ2) is 5.16. The molecule has 0 aromatic heterocycles. The topological polar surface area (TPSA) is 61.8 Å². The van der Waals surface area contributed by atoms with Crippen LogP contribution in [0.3, 0.4) is 0 Å². The van der Waals surface area contributed by atoms with Crippen molar-refractivity contribution in [3.8, 4) is 17.2 Å². The van der Waals surface area contributed by atoms with Gasteiger partial charge in [-0.15, -0.1) is 0 Å². The summed E-state index contributed by atoms with van der Waals surface area (Å²) < 4.78 is 72.4. The first-order valence-electron chi connectivity index (χ1n) is 4.85. The Morgan fingerprint density at radius 1 is 1.05 bits per heavy atom. The average Bonchev–Trinajstić information content (AvgIpc) is 2.28. The molecule has 19 heavy (non-hydrogen) atoms. The fourth-order valence-electron chi connectivity index (χ4n) is 1.25. The van der Waals surface area contributed by atoms with Crippen molar-refractivity contribution in [2.75, 3.05) is 14.2 Å². The van der Waals surface area contributed by atoms with Crippen LogP contribution in [0, 0.1) is 6.92 Å². The van der Waals surface area contributed by atoms with Gasteiger partial charge in [0, 0.05) is 0 Å². The van der Waals surface area contributed by atoms with E-state index in [1.165, 1.54) is 26.4 Å². The number of hydrogen-bond acceptors (Lipinski definition) is 5. The Bertz CT molecular complexity index is 540. The summed E-state index contributed by atoms with van der Waals surface area (Å²) in [4.78, 5) is 0. The summed E-state index contributed by atoms with van der Waals surface area (Å²) in [5.74, 6) is -0.998. The molecule has 0 heterocycles. The van der Waals surface area contributed by atoms with E-state index < -0.39 is 21.4 Å². The quantitative estimate of drug-likeness (QED) is 0.630. The van der Waals surface area contributed by atoms with Crippen molar-refractivity contribution in [1.82, 2.24) is 0 Å². The SMILES string of the molecule is COc1cc(C)cc(OC)c1OS(=O)(=O)C(F)(F)F. The highest BCUT2D eigenvalue weighted by atomic mass is 32.2. The van der Waals surface area contributed by atoms with Gasteiger partial charge < -0.3 is 13.7 Å². The summed E-state index contributed by atoms with van der Waals surface area (Å²) in [7, 11) is -3.45. The maximum Gasteiger partial charge on any atom is 0.534 e. The Kier molecular flexibility index (Phi) is 4.18. The molecule has 0 spiro atoms. The lowest BCUT2D eigenvalue weighted by Crippen LogP contribution is -2.28. The summed E-state index contributed by atoms with van der Waals surface area (Å²) in [6, 6.07) is 2.65. The normalized spacial score (nSPS) is 12.1. The molecule has 0 aliphatic heterocycles. The van der Waals surface area contributed by atoms with Gasteiger partial charge in [0.1, 0.15) is 0 Å². The zero-order valence-corrected chi connectivity index (χ0v) is 11.1. The number of methoxy groups -OCH3 is 2. The third kappa shape index (κ3) is 3.22. The molecule has 0 fully saturated rings. The molecule has 1 rings (SSSR count). The molecule has 0 amide bonds. The van der Waals surface area contributed by atoms with Crippen LogP contribution in [0.15, 0.2) is 12.1 Å². The molecule has 0 aliphatic carbocycles. The number of ether oxygens (including phenoxy) is 2. The molecule has 0 radical (unpaired) electrons. The minimum atomic E-state index is -5.79. The number of hydrogen-bond donors (Lipinski definition) is 0. The molecule has 108 valence electrons. The Morgan fingerprint density at radius 2 is 1.47 bits per heavy atom. The van der Waals surface area contributed by atoms with Crippen molar-refractivity contribution in [3.05, 3.63) is 17.7 Å². The standard InChI is InChI=1S/C10H11F3O5S/c1-6-4-7(16-2)9(8(5-6)17-3)18-19(14,15)10(11,12)13/h4-5H,1-3H3. The average molecular weight is 300 g/mol. The first-order valence-corrected chi connectivity index (χ1v) is 6.26. The minimum absolute atomic E-state index is 0.176. The molecule has 9 heteroatoms. The van der Waals surface area contributed by atoms with Gasteiger partial charge >= 0.3 is 15.6 Å². The highest BCUT2D eigenvalue weighted by Gasteiger charge is 2.49. The Labute approximate surface area is 108 Å². The predicted molar refractivity (Wildman–Crippen MR) is 59.9 cm³/mol. The van der Waals surface area contributed by atoms with E-state index in [2.05, 4.69) is 4.18 Å². The Hall–Kier alpha value is -1.64. The number of benzene rings is 1. The van der Waals surface area contributed by atoms with Crippen LogP contribution in [-0.2, 0) is 10.1 Å². The molecule has 5 nitrogen and oxygen atoms in total. The van der Waals surface area contributed by atoms with Crippen molar-refractivity contribution >= 4 is 10.1 Å². The van der Waals surface area contributed by atoms with E-state index in [0.29, 0.717) is 5.56 Å². The summed E-state index contributed by atoms with van der Waals surface area (Å²) in [5, 5.41) is 0. The van der Waals surface area contributed by atoms with E-state index in [9.17, 15) is 21.6 Å². The van der Waals surface area contributed by atoms with Crippen LogP contribution in [0.2, 0.25) is 0 Å². The zero-order valence-electron chi connectivity index (χ0n) is 10.2. The molecular weight excluding hydrogens is 289 g/mol. The number of aryl methyl sites for hydroxylation is 1. The molecule has 1 aromatic carbocycles. The van der Waals surface area contributed by atoms with E-state index in [1.807, 2.05) is 0 Å². The summed E-state index contributed by atoms with van der Waals surface area (Å²) >= 11 is 0. The van der Waals surface area contributed by atoms with Crippen LogP contribution in [0.5, 0.6) is 17.2 Å². The van der Waals surface area contributed by atoms with Crippen LogP contribution >= 0.6 is 0 Å². The number of rotatable bonds is 4. The number of alkyl halides is 3. The lowest BCUT2D eigenvalue weighted by molar-refractivity contribution is -0.0501. The van der Waals surface area contributed by atoms with Crippen molar-refractivity contribution < 1.29 is 35.2 Å². The molecule has 1 aromatic rings. The highest BCUT2D eigenvalue weighted by molar-refractivity contribution is 7.88. The van der Waals surface area contributed by atoms with E-state index >= 15 is 0 Å². The largest absolute Gasteiger partial charge is 0.534 e. The molecular formula is C10H11F3O5S. The van der Waals surface area contributed by atoms with E-state index in [0.717, 1.165) is 0 Å². The van der Waals surface area contributed by atoms with Crippen LogP contribution in [0.1, 0.15) is 5.56 Å². The van der Waals surface area contributed by atoms with Gasteiger partial charge in [0.25, 0.3) is 0 Å². The maximum absolute atomic E-state index is 12.3. The van der Waals surface area contributed by atoms with Crippen molar-refractivity contribution in [2.45, 2.75) is 12.4 Å². The molecule has 0 N–H and O–H groups in total. The first kappa shape index (κ1) is 15.4. The third-order valence-electron chi connectivity index (χ3n) is 2.08. The molecule has 0 atom stereocenters. The van der Waals surface area contributed by atoms with Crippen LogP contribution in [-0.4, -0.2) is 28.1 Å². The number of halogens is 3. The summed E-state index contributed by atoms with van der Waals surface area (Å²) in [6.07, 6.45) is 0. The highest BCUT2D eigenvalue weighted by Crippen LogP contribution is 2.41. The Balaban J connectivity index is 3.35. The lowest BCUT2D eigenvalue weighted by atomic mass is 10.2. The van der Waals surface area contributed by atoms with E-state index in [4.69, 9.17) is 9.47 Å². The second-order valence-corrected chi connectivity index (χ2v) is 5.02. The van der Waals surface area contributed by atoms with Gasteiger partial charge in [-0.1, -0.05) is 0 Å². The van der Waals surface area contributed by atoms with Crippen molar-refractivity contribution in [2.24, 2.45) is 0 Å². The van der Waals surface area contributed by atoms with Crippen LogP contribution in [0.4, 0.5) is 13.2 Å². The lowest BCUT2D eigenvalue weighted by Gasteiger charge is -2.15. The van der Waals surface area contributed by atoms with E-state index in [1.54, 1.807) is 6.92 Å². The molecule has 0 saturated carbocycles.